The van der Waals surface area contributed by atoms with Gasteiger partial charge in [0.1, 0.15) is 0 Å². The zero-order valence-corrected chi connectivity index (χ0v) is 11.4. The maximum Gasteiger partial charge on any atom is 0.319 e. The Labute approximate surface area is 105 Å². The van der Waals surface area contributed by atoms with Gasteiger partial charge >= 0.3 is 5.97 Å². The van der Waals surface area contributed by atoms with Crippen LogP contribution in [0.4, 0.5) is 0 Å². The van der Waals surface area contributed by atoms with E-state index in [1.807, 2.05) is 12.1 Å². The molecule has 0 aliphatic carbocycles. The van der Waals surface area contributed by atoms with E-state index in [1.54, 1.807) is 23.0 Å². The molecule has 1 aromatic carbocycles. The van der Waals surface area contributed by atoms with E-state index >= 15 is 0 Å². The summed E-state index contributed by atoms with van der Waals surface area (Å²) in [5.74, 6) is -0.209. The minimum absolute atomic E-state index is 0.155. The van der Waals surface area contributed by atoms with Gasteiger partial charge in [0.25, 0.3) is 0 Å². The van der Waals surface area contributed by atoms with E-state index in [9.17, 15) is 4.79 Å². The van der Waals surface area contributed by atoms with Gasteiger partial charge in [0, 0.05) is 0 Å². The third kappa shape index (κ3) is 3.81. The van der Waals surface area contributed by atoms with Crippen LogP contribution in [0.5, 0.6) is 0 Å². The number of carbonyl (C=O) groups excluding carboxylic acids is 1. The van der Waals surface area contributed by atoms with E-state index in [2.05, 4.69) is 36.0 Å². The van der Waals surface area contributed by atoms with E-state index in [-0.39, 0.29) is 11.4 Å². The minimum Gasteiger partial charge on any atom is -0.394 e. The fraction of sp³-hybridized carbons (Fsp3) is 0.417. The van der Waals surface area contributed by atoms with Crippen molar-refractivity contribution in [1.29, 1.82) is 0 Å². The fourth-order valence-corrected chi connectivity index (χ4v) is 1.47. The van der Waals surface area contributed by atoms with Crippen molar-refractivity contribution in [2.45, 2.75) is 32.6 Å². The molecular weight excluding hydrogens is 303 g/mol. The van der Waals surface area contributed by atoms with Gasteiger partial charge in [-0.3, -0.25) is 4.79 Å². The Morgan fingerprint density at radius 3 is 2.20 bits per heavy atom. The summed E-state index contributed by atoms with van der Waals surface area (Å²) >= 11 is 1.61. The predicted molar refractivity (Wildman–Crippen MR) is 69.0 cm³/mol. The number of rotatable bonds is 2. The smallest absolute Gasteiger partial charge is 0.319 e. The van der Waals surface area contributed by atoms with Crippen LogP contribution in [0.25, 0.3) is 0 Å². The molecule has 0 amide bonds. The van der Waals surface area contributed by atoms with Gasteiger partial charge in [-0.1, -0.05) is 45.0 Å². The summed E-state index contributed by atoms with van der Waals surface area (Å²) in [5.41, 5.74) is 2.42. The van der Waals surface area contributed by atoms with E-state index in [4.69, 9.17) is 0 Å². The SMILES string of the molecule is CC(C)(C)c1ccc(CC(=O)OI)cc1. The molecule has 0 aromatic heterocycles. The Morgan fingerprint density at radius 2 is 1.80 bits per heavy atom. The number of carbonyl (C=O) groups is 1. The predicted octanol–water partition coefficient (Wildman–Crippen LogP) is 3.42. The molecule has 0 heterocycles. The lowest BCUT2D eigenvalue weighted by molar-refractivity contribution is -0.130. The zero-order valence-electron chi connectivity index (χ0n) is 9.21. The highest BCUT2D eigenvalue weighted by molar-refractivity contribution is 14.1. The molecule has 1 rings (SSSR count). The molecule has 15 heavy (non-hydrogen) atoms. The summed E-state index contributed by atoms with van der Waals surface area (Å²) in [6.45, 7) is 6.50. The molecule has 0 saturated heterocycles. The van der Waals surface area contributed by atoms with Crippen LogP contribution in [0.15, 0.2) is 24.3 Å². The number of benzene rings is 1. The van der Waals surface area contributed by atoms with Gasteiger partial charge in [0.05, 0.1) is 6.42 Å². The van der Waals surface area contributed by atoms with Crippen molar-refractivity contribution in [2.75, 3.05) is 0 Å². The van der Waals surface area contributed by atoms with Gasteiger partial charge in [-0.25, -0.2) is 0 Å². The van der Waals surface area contributed by atoms with Gasteiger partial charge in [-0.05, 0) is 16.5 Å². The second-order valence-electron chi connectivity index (χ2n) is 4.57. The van der Waals surface area contributed by atoms with Crippen LogP contribution in [0.3, 0.4) is 0 Å². The van der Waals surface area contributed by atoms with Gasteiger partial charge in [0.2, 0.25) is 0 Å². The molecule has 0 unspecified atom stereocenters. The van der Waals surface area contributed by atoms with Crippen molar-refractivity contribution < 1.29 is 7.86 Å². The second kappa shape index (κ2) is 4.96. The van der Waals surface area contributed by atoms with E-state index in [1.165, 1.54) is 5.56 Å². The van der Waals surface area contributed by atoms with Crippen molar-refractivity contribution in [3.8, 4) is 0 Å². The molecule has 0 atom stereocenters. The topological polar surface area (TPSA) is 26.3 Å². The third-order valence-electron chi connectivity index (χ3n) is 2.25. The first-order chi connectivity index (χ1) is 6.93. The molecule has 3 heteroatoms. The molecule has 0 bridgehead atoms. The van der Waals surface area contributed by atoms with Gasteiger partial charge in [-0.2, -0.15) is 0 Å². The van der Waals surface area contributed by atoms with Crippen molar-refractivity contribution in [3.63, 3.8) is 0 Å². The third-order valence-corrected chi connectivity index (χ3v) is 2.75. The average Bonchev–Trinajstić information content (AvgIpc) is 2.17. The molecule has 0 aliphatic heterocycles. The summed E-state index contributed by atoms with van der Waals surface area (Å²) in [5, 5.41) is 0. The number of halogens is 1. The molecule has 0 fully saturated rings. The van der Waals surface area contributed by atoms with E-state index in [0.29, 0.717) is 6.42 Å². The maximum atomic E-state index is 11.0. The summed E-state index contributed by atoms with van der Waals surface area (Å²) in [6, 6.07) is 8.09. The van der Waals surface area contributed by atoms with Crippen LogP contribution >= 0.6 is 23.0 Å². The molecule has 0 radical (unpaired) electrons. The van der Waals surface area contributed by atoms with Crippen molar-refractivity contribution >= 4 is 29.0 Å². The van der Waals surface area contributed by atoms with Crippen molar-refractivity contribution in [1.82, 2.24) is 0 Å². The monoisotopic (exact) mass is 318 g/mol. The lowest BCUT2D eigenvalue weighted by Crippen LogP contribution is -2.11. The molecule has 0 N–H and O–H groups in total. The molecule has 82 valence electrons. The highest BCUT2D eigenvalue weighted by atomic mass is 127. The van der Waals surface area contributed by atoms with Gasteiger partial charge in [-0.15, -0.1) is 0 Å². The summed E-state index contributed by atoms with van der Waals surface area (Å²) in [6.07, 6.45) is 0.341. The Balaban J connectivity index is 2.77. The number of hydrogen-bond acceptors (Lipinski definition) is 2. The summed E-state index contributed by atoms with van der Waals surface area (Å²) in [7, 11) is 0. The first-order valence-electron chi connectivity index (χ1n) is 4.84. The van der Waals surface area contributed by atoms with Crippen LogP contribution in [-0.2, 0) is 19.7 Å². The van der Waals surface area contributed by atoms with E-state index < -0.39 is 0 Å². The molecule has 0 aliphatic rings. The van der Waals surface area contributed by atoms with Gasteiger partial charge in [0.15, 0.2) is 23.0 Å². The van der Waals surface area contributed by atoms with Crippen LogP contribution in [0, 0.1) is 0 Å². The van der Waals surface area contributed by atoms with Crippen LogP contribution in [0.2, 0.25) is 0 Å². The fourth-order valence-electron chi connectivity index (χ4n) is 1.32. The van der Waals surface area contributed by atoms with E-state index in [0.717, 1.165) is 5.56 Å². The van der Waals surface area contributed by atoms with Crippen molar-refractivity contribution in [3.05, 3.63) is 35.4 Å². The van der Waals surface area contributed by atoms with Crippen LogP contribution in [-0.4, -0.2) is 5.97 Å². The molecule has 1 aromatic rings. The Kier molecular flexibility index (Phi) is 4.13. The largest absolute Gasteiger partial charge is 0.394 e. The highest BCUT2D eigenvalue weighted by Gasteiger charge is 2.13. The lowest BCUT2D eigenvalue weighted by atomic mass is 9.86. The van der Waals surface area contributed by atoms with Gasteiger partial charge < -0.3 is 3.07 Å². The Morgan fingerprint density at radius 1 is 1.27 bits per heavy atom. The summed E-state index contributed by atoms with van der Waals surface area (Å²) in [4.78, 5) is 11.0. The quantitative estimate of drug-likeness (QED) is 0.781. The normalized spacial score (nSPS) is 11.2. The number of hydrogen-bond donors (Lipinski definition) is 0. The average molecular weight is 318 g/mol. The maximum absolute atomic E-state index is 11.0. The Bertz CT molecular complexity index is 336. The van der Waals surface area contributed by atoms with Crippen LogP contribution < -0.4 is 0 Å². The molecule has 0 spiro atoms. The molecular formula is C12H15IO2. The molecule has 0 saturated carbocycles. The summed E-state index contributed by atoms with van der Waals surface area (Å²) < 4.78 is 4.58. The highest BCUT2D eigenvalue weighted by Crippen LogP contribution is 2.22. The first-order valence-corrected chi connectivity index (χ1v) is 5.72. The lowest BCUT2D eigenvalue weighted by Gasteiger charge is -2.18. The molecule has 2 nitrogen and oxygen atoms in total. The first kappa shape index (κ1) is 12.5. The van der Waals surface area contributed by atoms with Crippen molar-refractivity contribution in [2.24, 2.45) is 0 Å². The van der Waals surface area contributed by atoms with Crippen LogP contribution in [0.1, 0.15) is 31.9 Å². The second-order valence-corrected chi connectivity index (χ2v) is 5.01. The standard InChI is InChI=1S/C12H15IO2/c1-12(2,3)10-6-4-9(5-7-10)8-11(14)15-13/h4-7H,8H2,1-3H3. The minimum atomic E-state index is -0.209. The zero-order chi connectivity index (χ0) is 11.5. The Hall–Kier alpha value is -0.580.